The van der Waals surface area contributed by atoms with Gasteiger partial charge in [-0.3, -0.25) is 4.79 Å². The van der Waals surface area contributed by atoms with Crippen LogP contribution >= 0.6 is 11.8 Å². The summed E-state index contributed by atoms with van der Waals surface area (Å²) < 4.78 is 36.0. The van der Waals surface area contributed by atoms with Crippen LogP contribution in [0.2, 0.25) is 0 Å². The molecule has 11 heteroatoms. The number of ether oxygens (including phenoxy) is 2. The highest BCUT2D eigenvalue weighted by molar-refractivity contribution is 8.00. The molecular weight excluding hydrogens is 428 g/mol. The van der Waals surface area contributed by atoms with E-state index in [4.69, 9.17) is 14.6 Å². The highest BCUT2D eigenvalue weighted by Gasteiger charge is 2.20. The van der Waals surface area contributed by atoms with Gasteiger partial charge in [-0.15, -0.1) is 0 Å². The maximum absolute atomic E-state index is 12.7. The van der Waals surface area contributed by atoms with Crippen LogP contribution in [-0.2, 0) is 21.9 Å². The Morgan fingerprint density at radius 2 is 1.93 bits per heavy atom. The van der Waals surface area contributed by atoms with E-state index in [2.05, 4.69) is 10.3 Å². The second-order valence-electron chi connectivity index (χ2n) is 6.76. The number of hydrogen-bond donors (Lipinski definition) is 2. The molecular formula is C19H20N4O5S2. The summed E-state index contributed by atoms with van der Waals surface area (Å²) in [5.74, 6) is 1.05. The number of rotatable bonds is 5. The number of imidazole rings is 1. The molecule has 4 rings (SSSR count). The molecule has 0 bridgehead atoms. The lowest BCUT2D eigenvalue weighted by Crippen LogP contribution is -2.23. The molecule has 0 saturated heterocycles. The number of benzene rings is 2. The first kappa shape index (κ1) is 20.5. The first-order valence-electron chi connectivity index (χ1n) is 9.09. The number of carbonyl (C=O) groups excluding carboxylic acids is 1. The van der Waals surface area contributed by atoms with Crippen LogP contribution in [0, 0.1) is 0 Å². The maximum atomic E-state index is 12.7. The van der Waals surface area contributed by atoms with E-state index >= 15 is 0 Å². The van der Waals surface area contributed by atoms with E-state index in [0.29, 0.717) is 41.1 Å². The Morgan fingerprint density at radius 3 is 2.67 bits per heavy atom. The average Bonchev–Trinajstić information content (AvgIpc) is 3.02. The molecule has 3 aromatic rings. The third-order valence-electron chi connectivity index (χ3n) is 4.60. The minimum atomic E-state index is -3.81. The number of carbonyl (C=O) groups is 1. The second-order valence-corrected chi connectivity index (χ2v) is 9.63. The number of sulfonamides is 1. The Morgan fingerprint density at radius 1 is 1.20 bits per heavy atom. The van der Waals surface area contributed by atoms with Crippen molar-refractivity contribution in [1.82, 2.24) is 9.55 Å². The summed E-state index contributed by atoms with van der Waals surface area (Å²) in [6.07, 6.45) is 0. The van der Waals surface area contributed by atoms with Crippen LogP contribution in [0.3, 0.4) is 0 Å². The van der Waals surface area contributed by atoms with Crippen LogP contribution in [0.15, 0.2) is 46.5 Å². The quantitative estimate of drug-likeness (QED) is 0.573. The van der Waals surface area contributed by atoms with Gasteiger partial charge in [-0.2, -0.15) is 0 Å². The van der Waals surface area contributed by atoms with E-state index < -0.39 is 15.3 Å². The summed E-state index contributed by atoms with van der Waals surface area (Å²) >= 11 is 1.27. The predicted octanol–water partition coefficient (Wildman–Crippen LogP) is 2.11. The molecule has 1 amide bonds. The van der Waals surface area contributed by atoms with Crippen LogP contribution in [0.25, 0.3) is 11.0 Å². The van der Waals surface area contributed by atoms with Crippen LogP contribution < -0.4 is 19.9 Å². The first-order valence-corrected chi connectivity index (χ1v) is 11.5. The second kappa shape index (κ2) is 7.82. The summed E-state index contributed by atoms with van der Waals surface area (Å²) in [6, 6.07) is 9.75. The Bertz CT molecular complexity index is 1240. The molecule has 0 radical (unpaired) electrons. The molecule has 3 N–H and O–H groups in total. The van der Waals surface area contributed by atoms with Crippen molar-refractivity contribution in [3.05, 3.63) is 36.4 Å². The molecule has 0 spiro atoms. The van der Waals surface area contributed by atoms with Gasteiger partial charge in [0.1, 0.15) is 13.2 Å². The largest absolute Gasteiger partial charge is 0.486 e. The molecule has 1 aromatic heterocycles. The Labute approximate surface area is 177 Å². The fourth-order valence-electron chi connectivity index (χ4n) is 3.02. The van der Waals surface area contributed by atoms with Crippen LogP contribution in [-0.4, -0.2) is 42.3 Å². The number of nitrogens with one attached hydrogen (secondary N) is 1. The van der Waals surface area contributed by atoms with Gasteiger partial charge in [0.2, 0.25) is 15.9 Å². The normalized spacial score (nSPS) is 14.5. The van der Waals surface area contributed by atoms with Crippen molar-refractivity contribution in [2.45, 2.75) is 22.2 Å². The zero-order chi connectivity index (χ0) is 21.5. The fraction of sp³-hybridized carbons (Fsp3) is 0.263. The van der Waals surface area contributed by atoms with Gasteiger partial charge < -0.3 is 19.4 Å². The molecule has 0 fully saturated rings. The summed E-state index contributed by atoms with van der Waals surface area (Å²) in [4.78, 5) is 17.1. The third kappa shape index (κ3) is 4.09. The molecule has 2 heterocycles. The van der Waals surface area contributed by atoms with Gasteiger partial charge in [0.15, 0.2) is 16.7 Å². The minimum absolute atomic E-state index is 0.00551. The van der Waals surface area contributed by atoms with Crippen molar-refractivity contribution >= 4 is 44.4 Å². The molecule has 0 aliphatic carbocycles. The molecule has 2 aromatic carbocycles. The molecule has 1 unspecified atom stereocenters. The van der Waals surface area contributed by atoms with Crippen LogP contribution in [0.4, 0.5) is 5.69 Å². The Balaban J connectivity index is 1.50. The molecule has 158 valence electrons. The molecule has 1 atom stereocenters. The van der Waals surface area contributed by atoms with E-state index in [0.717, 1.165) is 5.52 Å². The van der Waals surface area contributed by atoms with Gasteiger partial charge in [0.25, 0.3) is 0 Å². The number of fused-ring (bicyclic) bond motifs is 2. The van der Waals surface area contributed by atoms with Gasteiger partial charge in [0.05, 0.1) is 21.2 Å². The summed E-state index contributed by atoms with van der Waals surface area (Å²) in [5, 5.41) is 8.19. The number of anilines is 1. The predicted molar refractivity (Wildman–Crippen MR) is 113 cm³/mol. The lowest BCUT2D eigenvalue weighted by atomic mass is 10.2. The SMILES string of the molecule is CC(Sc1nc2cc(S(N)(=O)=O)ccc2n1C)C(=O)Nc1ccc2c(c1)OCCO2. The van der Waals surface area contributed by atoms with Gasteiger partial charge in [-0.1, -0.05) is 11.8 Å². The van der Waals surface area contributed by atoms with Gasteiger partial charge in [0, 0.05) is 18.8 Å². The van der Waals surface area contributed by atoms with E-state index in [-0.39, 0.29) is 10.8 Å². The molecule has 1 aliphatic rings. The number of aryl methyl sites for hydroxylation is 1. The van der Waals surface area contributed by atoms with Crippen molar-refractivity contribution in [1.29, 1.82) is 0 Å². The third-order valence-corrected chi connectivity index (χ3v) is 6.66. The first-order chi connectivity index (χ1) is 14.2. The van der Waals surface area contributed by atoms with Crippen molar-refractivity contribution in [2.24, 2.45) is 12.2 Å². The lowest BCUT2D eigenvalue weighted by molar-refractivity contribution is -0.115. The number of nitrogens with zero attached hydrogens (tertiary/aromatic N) is 2. The highest BCUT2D eigenvalue weighted by Crippen LogP contribution is 2.33. The topological polar surface area (TPSA) is 126 Å². The number of thioether (sulfide) groups is 1. The van der Waals surface area contributed by atoms with E-state index in [1.54, 1.807) is 42.8 Å². The number of amides is 1. The Hall–Kier alpha value is -2.76. The fourth-order valence-corrected chi connectivity index (χ4v) is 4.44. The van der Waals surface area contributed by atoms with E-state index in [9.17, 15) is 13.2 Å². The van der Waals surface area contributed by atoms with E-state index in [1.807, 2.05) is 0 Å². The summed E-state index contributed by atoms with van der Waals surface area (Å²) in [7, 11) is -2.01. The van der Waals surface area contributed by atoms with Gasteiger partial charge >= 0.3 is 0 Å². The lowest BCUT2D eigenvalue weighted by Gasteiger charge is -2.19. The maximum Gasteiger partial charge on any atom is 0.238 e. The van der Waals surface area contributed by atoms with Crippen molar-refractivity contribution in [2.75, 3.05) is 18.5 Å². The molecule has 9 nitrogen and oxygen atoms in total. The van der Waals surface area contributed by atoms with Gasteiger partial charge in [-0.25, -0.2) is 18.5 Å². The number of hydrogen-bond acceptors (Lipinski definition) is 7. The van der Waals surface area contributed by atoms with Crippen molar-refractivity contribution in [3.63, 3.8) is 0 Å². The van der Waals surface area contributed by atoms with Crippen molar-refractivity contribution < 1.29 is 22.7 Å². The standard InChI is InChI=1S/C19H20N4O5S2/c1-11(18(24)21-12-3-6-16-17(9-12)28-8-7-27-16)29-19-22-14-10-13(30(20,25)26)4-5-15(14)23(19)2/h3-6,9-11H,7-8H2,1-2H3,(H,21,24)(H2,20,25,26). The summed E-state index contributed by atoms with van der Waals surface area (Å²) in [6.45, 7) is 2.74. The summed E-state index contributed by atoms with van der Waals surface area (Å²) in [5.41, 5.74) is 1.84. The van der Waals surface area contributed by atoms with Crippen LogP contribution in [0.1, 0.15) is 6.92 Å². The highest BCUT2D eigenvalue weighted by atomic mass is 32.2. The zero-order valence-electron chi connectivity index (χ0n) is 16.3. The number of nitrogens with two attached hydrogens (primary N) is 1. The zero-order valence-corrected chi connectivity index (χ0v) is 17.9. The van der Waals surface area contributed by atoms with Crippen molar-refractivity contribution in [3.8, 4) is 11.5 Å². The Kier molecular flexibility index (Phi) is 5.35. The minimum Gasteiger partial charge on any atom is -0.486 e. The molecule has 0 saturated carbocycles. The number of aromatic nitrogens is 2. The van der Waals surface area contributed by atoms with E-state index in [1.165, 1.54) is 23.9 Å². The average molecular weight is 449 g/mol. The molecule has 30 heavy (non-hydrogen) atoms. The number of primary sulfonamides is 1. The smallest absolute Gasteiger partial charge is 0.238 e. The molecule has 1 aliphatic heterocycles. The van der Waals surface area contributed by atoms with Crippen LogP contribution in [0.5, 0.6) is 11.5 Å². The monoisotopic (exact) mass is 448 g/mol. The van der Waals surface area contributed by atoms with Gasteiger partial charge in [-0.05, 0) is 37.3 Å².